The molecule has 0 fully saturated rings. The number of alkyl halides is 3. The lowest BCUT2D eigenvalue weighted by atomic mass is 10.0. The molecule has 210 valence electrons. The van der Waals surface area contributed by atoms with E-state index in [4.69, 9.17) is 4.74 Å². The zero-order valence-electron chi connectivity index (χ0n) is 22.4. The van der Waals surface area contributed by atoms with E-state index in [2.05, 4.69) is 4.37 Å². The van der Waals surface area contributed by atoms with E-state index in [1.54, 1.807) is 43.3 Å². The van der Waals surface area contributed by atoms with Crippen molar-refractivity contribution in [2.45, 2.75) is 33.1 Å². The second-order valence-corrected chi connectivity index (χ2v) is 10.5. The summed E-state index contributed by atoms with van der Waals surface area (Å²) in [7, 11) is 0.963. The Balaban J connectivity index is 1.55. The van der Waals surface area contributed by atoms with E-state index < -0.39 is 29.2 Å². The monoisotopic (exact) mass is 579 g/mol. The molecule has 5 rings (SSSR count). The van der Waals surface area contributed by atoms with Crippen molar-refractivity contribution < 1.29 is 22.7 Å². The van der Waals surface area contributed by atoms with Crippen molar-refractivity contribution in [2.24, 2.45) is 7.05 Å². The van der Waals surface area contributed by atoms with Gasteiger partial charge in [0.2, 0.25) is 5.78 Å². The van der Waals surface area contributed by atoms with Crippen LogP contribution in [0.15, 0.2) is 76.3 Å². The molecule has 2 heterocycles. The topological polar surface area (TPSA) is 83.2 Å². The highest BCUT2D eigenvalue weighted by atomic mass is 32.1. The van der Waals surface area contributed by atoms with Crippen LogP contribution in [0.2, 0.25) is 0 Å². The predicted molar refractivity (Wildman–Crippen MR) is 151 cm³/mol. The Morgan fingerprint density at radius 2 is 1.71 bits per heavy atom. The molecule has 0 aliphatic rings. The van der Waals surface area contributed by atoms with Crippen LogP contribution in [0.3, 0.4) is 0 Å². The number of aryl methyl sites for hydroxylation is 2. The van der Waals surface area contributed by atoms with Crippen LogP contribution in [-0.2, 0) is 13.2 Å². The van der Waals surface area contributed by atoms with Gasteiger partial charge < -0.3 is 4.74 Å². The number of carbonyl (C=O) groups is 1. The Morgan fingerprint density at radius 1 is 0.976 bits per heavy atom. The Hall–Kier alpha value is -4.51. The molecule has 0 spiro atoms. The van der Waals surface area contributed by atoms with Gasteiger partial charge in [-0.15, -0.1) is 0 Å². The predicted octanol–water partition coefficient (Wildman–Crippen LogP) is 6.10. The number of benzene rings is 3. The molecule has 0 aliphatic carbocycles. The van der Waals surface area contributed by atoms with E-state index in [9.17, 15) is 27.6 Å². The standard InChI is InChI=1S/C30H24F3N3O4S/c1-16-9-10-19(13-17(16)2)28(38)18(3)40-23-8-6-5-7-21(23)27-22-14-20(11-12-24(22)41-34-27)36-26(37)15-25(30(31,32)33)35(4)29(36)39/h5-15,18H,1-4H3. The lowest BCUT2D eigenvalue weighted by Crippen LogP contribution is -2.40. The molecule has 0 amide bonds. The van der Waals surface area contributed by atoms with Crippen molar-refractivity contribution in [3.63, 3.8) is 0 Å². The minimum Gasteiger partial charge on any atom is -0.482 e. The maximum absolute atomic E-state index is 13.3. The van der Waals surface area contributed by atoms with E-state index in [0.29, 0.717) is 43.2 Å². The molecule has 11 heteroatoms. The van der Waals surface area contributed by atoms with Gasteiger partial charge in [-0.2, -0.15) is 17.5 Å². The molecule has 41 heavy (non-hydrogen) atoms. The maximum Gasteiger partial charge on any atom is 0.431 e. The summed E-state index contributed by atoms with van der Waals surface area (Å²) in [5.41, 5.74) is 0.178. The van der Waals surface area contributed by atoms with E-state index >= 15 is 0 Å². The average molecular weight is 580 g/mol. The summed E-state index contributed by atoms with van der Waals surface area (Å²) in [5, 5.41) is 0.561. The number of para-hydroxylation sites is 1. The van der Waals surface area contributed by atoms with E-state index in [1.807, 2.05) is 26.0 Å². The minimum absolute atomic E-state index is 0.0926. The van der Waals surface area contributed by atoms with Crippen LogP contribution >= 0.6 is 11.5 Å². The van der Waals surface area contributed by atoms with Crippen LogP contribution in [-0.4, -0.2) is 25.4 Å². The number of carbonyl (C=O) groups excluding carboxylic acids is 1. The molecular weight excluding hydrogens is 555 g/mol. The minimum atomic E-state index is -4.86. The molecule has 2 aromatic heterocycles. The molecule has 1 unspecified atom stereocenters. The summed E-state index contributed by atoms with van der Waals surface area (Å²) < 4.78 is 52.4. The maximum atomic E-state index is 13.3. The molecule has 0 bridgehead atoms. The highest BCUT2D eigenvalue weighted by Gasteiger charge is 2.35. The molecule has 5 aromatic rings. The van der Waals surface area contributed by atoms with Gasteiger partial charge in [-0.05, 0) is 79.8 Å². The lowest BCUT2D eigenvalue weighted by molar-refractivity contribution is -0.144. The number of ether oxygens (including phenoxy) is 1. The third-order valence-electron chi connectivity index (χ3n) is 6.93. The van der Waals surface area contributed by atoms with Gasteiger partial charge in [-0.1, -0.05) is 24.3 Å². The van der Waals surface area contributed by atoms with Crippen molar-refractivity contribution in [3.8, 4) is 22.7 Å². The Labute approximate surface area is 236 Å². The summed E-state index contributed by atoms with van der Waals surface area (Å²) >= 11 is 1.17. The van der Waals surface area contributed by atoms with Crippen molar-refractivity contribution in [1.82, 2.24) is 13.5 Å². The number of hydrogen-bond acceptors (Lipinski definition) is 6. The molecule has 0 saturated heterocycles. The molecule has 0 aliphatic heterocycles. The number of halogens is 3. The second-order valence-electron chi connectivity index (χ2n) is 9.67. The zero-order chi connectivity index (χ0) is 29.6. The van der Waals surface area contributed by atoms with Gasteiger partial charge in [-0.25, -0.2) is 9.36 Å². The first-order chi connectivity index (χ1) is 19.4. The Kier molecular flexibility index (Phi) is 7.16. The number of nitrogens with zero attached hydrogens (tertiary/aromatic N) is 3. The quantitative estimate of drug-likeness (QED) is 0.227. The first-order valence-electron chi connectivity index (χ1n) is 12.5. The van der Waals surface area contributed by atoms with Crippen LogP contribution in [0.25, 0.3) is 27.0 Å². The zero-order valence-corrected chi connectivity index (χ0v) is 23.3. The summed E-state index contributed by atoms with van der Waals surface area (Å²) in [6, 6.07) is 17.6. The van der Waals surface area contributed by atoms with Crippen LogP contribution < -0.4 is 16.0 Å². The fourth-order valence-electron chi connectivity index (χ4n) is 4.53. The van der Waals surface area contributed by atoms with E-state index in [0.717, 1.165) is 22.9 Å². The SMILES string of the molecule is Cc1ccc(C(=O)C(C)Oc2ccccc2-c2nsc3ccc(-n4c(=O)cc(C(F)(F)F)n(C)c4=O)cc23)cc1C. The van der Waals surface area contributed by atoms with Gasteiger partial charge in [0, 0.05) is 29.6 Å². The van der Waals surface area contributed by atoms with Crippen molar-refractivity contribution in [1.29, 1.82) is 0 Å². The van der Waals surface area contributed by atoms with Gasteiger partial charge in [0.1, 0.15) is 11.4 Å². The third kappa shape index (κ3) is 5.20. The van der Waals surface area contributed by atoms with Crippen LogP contribution in [0, 0.1) is 13.8 Å². The largest absolute Gasteiger partial charge is 0.482 e. The van der Waals surface area contributed by atoms with Gasteiger partial charge >= 0.3 is 11.9 Å². The summed E-state index contributed by atoms with van der Waals surface area (Å²) in [5.74, 6) is 0.211. The molecule has 7 nitrogen and oxygen atoms in total. The summed E-state index contributed by atoms with van der Waals surface area (Å²) in [4.78, 5) is 38.6. The lowest BCUT2D eigenvalue weighted by Gasteiger charge is -2.17. The molecule has 0 N–H and O–H groups in total. The van der Waals surface area contributed by atoms with Crippen LogP contribution in [0.4, 0.5) is 13.2 Å². The number of hydrogen-bond donors (Lipinski definition) is 0. The molecular formula is C30H24F3N3O4S. The fraction of sp³-hybridized carbons (Fsp3) is 0.200. The first-order valence-corrected chi connectivity index (χ1v) is 13.3. The van der Waals surface area contributed by atoms with Crippen molar-refractivity contribution >= 4 is 27.4 Å². The Morgan fingerprint density at radius 3 is 2.41 bits per heavy atom. The third-order valence-corrected chi connectivity index (χ3v) is 7.76. The van der Waals surface area contributed by atoms with Crippen molar-refractivity contribution in [2.75, 3.05) is 0 Å². The molecule has 0 radical (unpaired) electrons. The molecule has 1 atom stereocenters. The number of Topliss-reactive ketones (excluding diaryl/α,β-unsaturated/α-hetero) is 1. The smallest absolute Gasteiger partial charge is 0.431 e. The summed E-state index contributed by atoms with van der Waals surface area (Å²) in [6.45, 7) is 5.57. The van der Waals surface area contributed by atoms with Gasteiger partial charge in [0.25, 0.3) is 5.56 Å². The first kappa shape index (κ1) is 28.0. The highest BCUT2D eigenvalue weighted by molar-refractivity contribution is 7.13. The highest BCUT2D eigenvalue weighted by Crippen LogP contribution is 2.37. The molecule has 0 saturated carbocycles. The van der Waals surface area contributed by atoms with E-state index in [-0.39, 0.29) is 11.5 Å². The van der Waals surface area contributed by atoms with Crippen LogP contribution in [0.5, 0.6) is 5.75 Å². The average Bonchev–Trinajstić information content (AvgIpc) is 3.35. The number of fused-ring (bicyclic) bond motifs is 1. The van der Waals surface area contributed by atoms with Gasteiger partial charge in [-0.3, -0.25) is 14.2 Å². The summed E-state index contributed by atoms with van der Waals surface area (Å²) in [6.07, 6.45) is -5.67. The van der Waals surface area contributed by atoms with Gasteiger partial charge in [0.05, 0.1) is 16.1 Å². The van der Waals surface area contributed by atoms with Crippen LogP contribution in [0.1, 0.15) is 34.1 Å². The molecule has 3 aromatic carbocycles. The normalized spacial score (nSPS) is 12.5. The fourth-order valence-corrected chi connectivity index (χ4v) is 5.30. The van der Waals surface area contributed by atoms with Gasteiger partial charge in [0.15, 0.2) is 6.10 Å². The van der Waals surface area contributed by atoms with E-state index in [1.165, 1.54) is 23.7 Å². The number of aromatic nitrogens is 3. The van der Waals surface area contributed by atoms with Crippen molar-refractivity contribution in [3.05, 3.63) is 110 Å². The second kappa shape index (κ2) is 10.5. The Bertz CT molecular complexity index is 1940. The number of rotatable bonds is 6. The number of ketones is 1.